The lowest BCUT2D eigenvalue weighted by Crippen LogP contribution is -2.42. The second-order valence-corrected chi connectivity index (χ2v) is 10.3. The van der Waals surface area contributed by atoms with Crippen molar-refractivity contribution in [2.45, 2.75) is 30.1 Å². The van der Waals surface area contributed by atoms with Crippen molar-refractivity contribution in [3.05, 3.63) is 54.1 Å². The van der Waals surface area contributed by atoms with Crippen LogP contribution in [0.5, 0.6) is 0 Å². The molecule has 150 valence electrons. The molecule has 0 aromatic heterocycles. The number of nitrogens with zero attached hydrogens (tertiary/aromatic N) is 1. The normalized spacial score (nSPS) is 20.7. The van der Waals surface area contributed by atoms with Gasteiger partial charge in [0.15, 0.2) is 0 Å². The second-order valence-electron chi connectivity index (χ2n) is 7.48. The van der Waals surface area contributed by atoms with Gasteiger partial charge in [-0.2, -0.15) is 4.31 Å². The molecule has 1 saturated heterocycles. The van der Waals surface area contributed by atoms with Crippen molar-refractivity contribution in [2.24, 2.45) is 11.8 Å². The molecule has 1 aliphatic rings. The number of piperidine rings is 1. The summed E-state index contributed by atoms with van der Waals surface area (Å²) >= 11 is 1.63. The van der Waals surface area contributed by atoms with Gasteiger partial charge in [-0.15, -0.1) is 11.8 Å². The van der Waals surface area contributed by atoms with Gasteiger partial charge < -0.3 is 5.32 Å². The van der Waals surface area contributed by atoms with E-state index in [1.54, 1.807) is 28.2 Å². The first-order valence-corrected chi connectivity index (χ1v) is 12.0. The molecule has 2 atom stereocenters. The summed E-state index contributed by atoms with van der Waals surface area (Å²) in [6.07, 6.45) is 3.04. The summed E-state index contributed by atoms with van der Waals surface area (Å²) in [5.74, 6) is 0.434. The molecule has 0 radical (unpaired) electrons. The minimum absolute atomic E-state index is 0.231. The van der Waals surface area contributed by atoms with E-state index in [2.05, 4.69) is 19.2 Å². The number of rotatable bonds is 5. The molecule has 2 aromatic rings. The van der Waals surface area contributed by atoms with Gasteiger partial charge in [0.2, 0.25) is 10.0 Å². The van der Waals surface area contributed by atoms with E-state index in [0.29, 0.717) is 36.2 Å². The summed E-state index contributed by atoms with van der Waals surface area (Å²) in [4.78, 5) is 13.8. The van der Waals surface area contributed by atoms with Crippen molar-refractivity contribution in [1.29, 1.82) is 0 Å². The number of carbonyl (C=O) groups is 1. The van der Waals surface area contributed by atoms with Crippen molar-refractivity contribution < 1.29 is 13.2 Å². The predicted molar refractivity (Wildman–Crippen MR) is 114 cm³/mol. The monoisotopic (exact) mass is 418 g/mol. The Labute approximate surface area is 171 Å². The first kappa shape index (κ1) is 20.9. The Morgan fingerprint density at radius 3 is 2.11 bits per heavy atom. The van der Waals surface area contributed by atoms with Crippen molar-refractivity contribution in [3.8, 4) is 0 Å². The van der Waals surface area contributed by atoms with E-state index in [1.165, 1.54) is 12.1 Å². The van der Waals surface area contributed by atoms with Gasteiger partial charge in [0.05, 0.1) is 4.90 Å². The fourth-order valence-electron chi connectivity index (χ4n) is 3.61. The summed E-state index contributed by atoms with van der Waals surface area (Å²) < 4.78 is 27.4. The maximum Gasteiger partial charge on any atom is 0.255 e. The van der Waals surface area contributed by atoms with Crippen molar-refractivity contribution in [1.82, 2.24) is 4.31 Å². The van der Waals surface area contributed by atoms with Crippen LogP contribution in [-0.2, 0) is 10.0 Å². The Kier molecular flexibility index (Phi) is 6.47. The topological polar surface area (TPSA) is 66.5 Å². The fourth-order valence-corrected chi connectivity index (χ4v) is 5.69. The molecule has 0 bridgehead atoms. The summed E-state index contributed by atoms with van der Waals surface area (Å²) in [5, 5.41) is 2.83. The number of thioether (sulfide) groups is 1. The number of benzene rings is 2. The van der Waals surface area contributed by atoms with Crippen LogP contribution in [0.25, 0.3) is 0 Å². The van der Waals surface area contributed by atoms with Gasteiger partial charge in [-0.3, -0.25) is 4.79 Å². The van der Waals surface area contributed by atoms with Crippen molar-refractivity contribution in [3.63, 3.8) is 0 Å². The third kappa shape index (κ3) is 4.77. The van der Waals surface area contributed by atoms with Gasteiger partial charge in [-0.25, -0.2) is 8.42 Å². The third-order valence-electron chi connectivity index (χ3n) is 4.94. The standard InChI is InChI=1S/C21H26N2O3S2/c1-15-12-16(2)14-23(13-15)28(25,26)20-10-4-17(5-11-20)21(24)22-18-6-8-19(27-3)9-7-18/h4-11,15-16H,12-14H2,1-3H3,(H,22,24)/t15-,16+. The van der Waals surface area contributed by atoms with E-state index in [-0.39, 0.29) is 10.8 Å². The third-order valence-corrected chi connectivity index (χ3v) is 7.53. The first-order chi connectivity index (χ1) is 13.3. The van der Waals surface area contributed by atoms with Crippen LogP contribution in [-0.4, -0.2) is 38.0 Å². The van der Waals surface area contributed by atoms with Crippen molar-refractivity contribution >= 4 is 33.4 Å². The van der Waals surface area contributed by atoms with Crippen LogP contribution in [0.2, 0.25) is 0 Å². The fraction of sp³-hybridized carbons (Fsp3) is 0.381. The Balaban J connectivity index is 1.72. The van der Waals surface area contributed by atoms with Gasteiger partial charge in [0.1, 0.15) is 0 Å². The van der Waals surface area contributed by atoms with Gasteiger partial charge in [0.25, 0.3) is 5.91 Å². The molecule has 1 N–H and O–H groups in total. The summed E-state index contributed by atoms with van der Waals surface area (Å²) in [7, 11) is -3.54. The van der Waals surface area contributed by atoms with Gasteiger partial charge in [-0.05, 0) is 73.0 Å². The number of hydrogen-bond donors (Lipinski definition) is 1. The molecule has 1 amide bonds. The number of anilines is 1. The quantitative estimate of drug-likeness (QED) is 0.734. The molecular weight excluding hydrogens is 392 g/mol. The number of nitrogens with one attached hydrogen (secondary N) is 1. The molecule has 0 spiro atoms. The minimum Gasteiger partial charge on any atom is -0.322 e. The van der Waals surface area contributed by atoms with E-state index in [1.807, 2.05) is 30.5 Å². The molecule has 28 heavy (non-hydrogen) atoms. The first-order valence-electron chi connectivity index (χ1n) is 9.35. The van der Waals surface area contributed by atoms with Crippen LogP contribution < -0.4 is 5.32 Å². The maximum absolute atomic E-state index is 12.9. The van der Waals surface area contributed by atoms with E-state index < -0.39 is 10.0 Å². The molecule has 1 heterocycles. The minimum atomic E-state index is -3.54. The van der Waals surface area contributed by atoms with Gasteiger partial charge >= 0.3 is 0 Å². The van der Waals surface area contributed by atoms with Crippen LogP contribution in [0.15, 0.2) is 58.3 Å². The number of carbonyl (C=O) groups excluding carboxylic acids is 1. The lowest BCUT2D eigenvalue weighted by molar-refractivity contribution is 0.102. The molecule has 2 aromatic carbocycles. The highest BCUT2D eigenvalue weighted by molar-refractivity contribution is 7.98. The van der Waals surface area contributed by atoms with E-state index in [4.69, 9.17) is 0 Å². The molecule has 7 heteroatoms. The number of sulfonamides is 1. The second kappa shape index (κ2) is 8.68. The van der Waals surface area contributed by atoms with Crippen LogP contribution in [0.4, 0.5) is 5.69 Å². The Morgan fingerprint density at radius 1 is 1.00 bits per heavy atom. The Hall–Kier alpha value is -1.83. The van der Waals surface area contributed by atoms with Crippen molar-refractivity contribution in [2.75, 3.05) is 24.7 Å². The molecule has 5 nitrogen and oxygen atoms in total. The smallest absolute Gasteiger partial charge is 0.255 e. The zero-order valence-corrected chi connectivity index (χ0v) is 18.0. The molecule has 0 unspecified atom stereocenters. The number of hydrogen-bond acceptors (Lipinski definition) is 4. The van der Waals surface area contributed by atoms with E-state index in [9.17, 15) is 13.2 Å². The van der Waals surface area contributed by atoms with Crippen LogP contribution in [0, 0.1) is 11.8 Å². The summed E-state index contributed by atoms with van der Waals surface area (Å²) in [5.41, 5.74) is 1.13. The summed E-state index contributed by atoms with van der Waals surface area (Å²) in [6, 6.07) is 13.7. The van der Waals surface area contributed by atoms with E-state index >= 15 is 0 Å². The van der Waals surface area contributed by atoms with Gasteiger partial charge in [-0.1, -0.05) is 13.8 Å². The highest BCUT2D eigenvalue weighted by atomic mass is 32.2. The molecule has 0 aliphatic carbocycles. The zero-order chi connectivity index (χ0) is 20.3. The highest BCUT2D eigenvalue weighted by Crippen LogP contribution is 2.27. The van der Waals surface area contributed by atoms with Crippen LogP contribution in [0.3, 0.4) is 0 Å². The molecule has 3 rings (SSSR count). The van der Waals surface area contributed by atoms with Crippen LogP contribution in [0.1, 0.15) is 30.6 Å². The SMILES string of the molecule is CSc1ccc(NC(=O)c2ccc(S(=O)(=O)N3C[C@H](C)C[C@H](C)C3)cc2)cc1. The lowest BCUT2D eigenvalue weighted by atomic mass is 9.94. The molecule has 0 saturated carbocycles. The molecule has 1 aliphatic heterocycles. The predicted octanol–water partition coefficient (Wildman–Crippen LogP) is 4.33. The largest absolute Gasteiger partial charge is 0.322 e. The van der Waals surface area contributed by atoms with E-state index in [0.717, 1.165) is 11.3 Å². The van der Waals surface area contributed by atoms with Crippen LogP contribution >= 0.6 is 11.8 Å². The maximum atomic E-state index is 12.9. The molecule has 1 fully saturated rings. The lowest BCUT2D eigenvalue weighted by Gasteiger charge is -2.34. The Morgan fingerprint density at radius 2 is 1.57 bits per heavy atom. The highest BCUT2D eigenvalue weighted by Gasteiger charge is 2.31. The summed E-state index contributed by atoms with van der Waals surface area (Å²) in [6.45, 7) is 5.25. The average Bonchev–Trinajstić information content (AvgIpc) is 2.68. The van der Waals surface area contributed by atoms with Gasteiger partial charge in [0, 0.05) is 29.2 Å². The number of amides is 1. The zero-order valence-electron chi connectivity index (χ0n) is 16.4. The Bertz CT molecular complexity index is 915. The average molecular weight is 419 g/mol. The molecular formula is C21H26N2O3S2.